The fourth-order valence-corrected chi connectivity index (χ4v) is 4.69. The lowest BCUT2D eigenvalue weighted by atomic mass is 9.91. The summed E-state index contributed by atoms with van der Waals surface area (Å²) in [5.41, 5.74) is 1.98. The maximum atomic E-state index is 13.2. The van der Waals surface area contributed by atoms with Crippen LogP contribution in [0.3, 0.4) is 0 Å². The van der Waals surface area contributed by atoms with Crippen molar-refractivity contribution >= 4 is 34.1 Å². The third kappa shape index (κ3) is 5.35. The topological polar surface area (TPSA) is 125 Å². The number of ether oxygens (including phenoxy) is 2. The van der Waals surface area contributed by atoms with Crippen molar-refractivity contribution in [3.05, 3.63) is 48.7 Å². The number of anilines is 1. The minimum absolute atomic E-state index is 0.0853. The lowest BCUT2D eigenvalue weighted by Gasteiger charge is -2.30. The quantitative estimate of drug-likeness (QED) is 0.413. The number of nitrogens with one attached hydrogen (secondary N) is 2. The van der Waals surface area contributed by atoms with Crippen LogP contribution in [0.2, 0.25) is 0 Å². The molecule has 11 nitrogen and oxygen atoms in total. The number of alkyl carbamates (subject to hydrolysis) is 1. The molecule has 194 valence electrons. The maximum absolute atomic E-state index is 13.2. The second-order valence-electron chi connectivity index (χ2n) is 10.3. The van der Waals surface area contributed by atoms with Gasteiger partial charge in [0.25, 0.3) is 5.91 Å². The maximum Gasteiger partial charge on any atom is 0.407 e. The van der Waals surface area contributed by atoms with Crippen molar-refractivity contribution in [3.8, 4) is 5.75 Å². The van der Waals surface area contributed by atoms with E-state index in [2.05, 4.69) is 20.7 Å². The highest BCUT2D eigenvalue weighted by molar-refractivity contribution is 6.09. The van der Waals surface area contributed by atoms with Crippen LogP contribution in [0.15, 0.2) is 43.1 Å². The fourth-order valence-electron chi connectivity index (χ4n) is 4.69. The first-order valence-electron chi connectivity index (χ1n) is 12.4. The lowest BCUT2D eigenvalue weighted by Crippen LogP contribution is -2.41. The Kier molecular flexibility index (Phi) is 6.45. The molecule has 0 atom stereocenters. The van der Waals surface area contributed by atoms with Crippen molar-refractivity contribution in [2.75, 3.05) is 12.4 Å². The van der Waals surface area contributed by atoms with Crippen LogP contribution in [0.5, 0.6) is 5.75 Å². The Morgan fingerprint density at radius 2 is 1.92 bits per heavy atom. The normalized spacial score (nSPS) is 18.1. The second-order valence-corrected chi connectivity index (χ2v) is 10.3. The summed E-state index contributed by atoms with van der Waals surface area (Å²) in [7, 11) is 1.54. The predicted molar refractivity (Wildman–Crippen MR) is 138 cm³/mol. The standard InChI is InChI=1S/C26H31N7O4/c1-26(2,3)37-25(35)29-17-5-7-18(8-6-17)32-14-16-11-19(23(36-4)12-20(16)31-32)24(34)30-21-13-28-33-15-27-10-9-22(21)33/h9-15,17-18H,5-8H2,1-4H3,(H,29,35)(H,30,34). The van der Waals surface area contributed by atoms with E-state index in [0.29, 0.717) is 17.0 Å². The molecule has 3 heterocycles. The van der Waals surface area contributed by atoms with E-state index in [4.69, 9.17) is 14.6 Å². The van der Waals surface area contributed by atoms with Crippen LogP contribution >= 0.6 is 0 Å². The van der Waals surface area contributed by atoms with Gasteiger partial charge in [0, 0.05) is 29.9 Å². The van der Waals surface area contributed by atoms with Gasteiger partial charge in [0.2, 0.25) is 0 Å². The summed E-state index contributed by atoms with van der Waals surface area (Å²) in [6, 6.07) is 5.67. The highest BCUT2D eigenvalue weighted by Gasteiger charge is 2.26. The molecule has 1 aromatic carbocycles. The molecule has 3 aromatic heterocycles. The summed E-state index contributed by atoms with van der Waals surface area (Å²) in [5.74, 6) is 0.144. The average Bonchev–Trinajstić information content (AvgIpc) is 3.46. The van der Waals surface area contributed by atoms with Crippen LogP contribution in [0.25, 0.3) is 16.4 Å². The molecule has 1 fully saturated rings. The first-order valence-corrected chi connectivity index (χ1v) is 12.4. The minimum atomic E-state index is -0.516. The molecular weight excluding hydrogens is 474 g/mol. The van der Waals surface area contributed by atoms with E-state index in [1.165, 1.54) is 7.11 Å². The van der Waals surface area contributed by atoms with Gasteiger partial charge in [-0.15, -0.1) is 0 Å². The highest BCUT2D eigenvalue weighted by atomic mass is 16.6. The Labute approximate surface area is 214 Å². The van der Waals surface area contributed by atoms with Gasteiger partial charge in [-0.25, -0.2) is 14.3 Å². The van der Waals surface area contributed by atoms with Crippen LogP contribution in [-0.2, 0) is 4.74 Å². The largest absolute Gasteiger partial charge is 0.496 e. The van der Waals surface area contributed by atoms with Crippen molar-refractivity contribution in [2.45, 2.75) is 64.1 Å². The molecule has 37 heavy (non-hydrogen) atoms. The summed E-state index contributed by atoms with van der Waals surface area (Å²) in [6.07, 6.45) is 9.84. The second kappa shape index (κ2) is 9.72. The molecule has 0 radical (unpaired) electrons. The van der Waals surface area contributed by atoms with Crippen LogP contribution in [-0.4, -0.2) is 55.1 Å². The van der Waals surface area contributed by atoms with Gasteiger partial charge in [-0.2, -0.15) is 10.2 Å². The molecule has 2 N–H and O–H groups in total. The van der Waals surface area contributed by atoms with Gasteiger partial charge in [-0.05, 0) is 58.6 Å². The van der Waals surface area contributed by atoms with Crippen LogP contribution < -0.4 is 15.4 Å². The van der Waals surface area contributed by atoms with E-state index in [1.54, 1.807) is 41.4 Å². The Hall–Kier alpha value is -4.15. The number of amides is 2. The zero-order valence-corrected chi connectivity index (χ0v) is 21.4. The van der Waals surface area contributed by atoms with Crippen molar-refractivity contribution in [1.82, 2.24) is 29.7 Å². The summed E-state index contributed by atoms with van der Waals surface area (Å²) in [5, 5.41) is 15.7. The molecular formula is C26H31N7O4. The highest BCUT2D eigenvalue weighted by Crippen LogP contribution is 2.32. The Morgan fingerprint density at radius 3 is 2.65 bits per heavy atom. The number of fused-ring (bicyclic) bond motifs is 2. The van der Waals surface area contributed by atoms with Crippen molar-refractivity contribution in [2.24, 2.45) is 0 Å². The van der Waals surface area contributed by atoms with Crippen molar-refractivity contribution in [3.63, 3.8) is 0 Å². The molecule has 1 aliphatic rings. The Morgan fingerprint density at radius 1 is 1.14 bits per heavy atom. The number of aromatic nitrogens is 5. The fraction of sp³-hybridized carbons (Fsp3) is 0.423. The summed E-state index contributed by atoms with van der Waals surface area (Å²) >= 11 is 0. The Bertz CT molecular complexity index is 1440. The smallest absolute Gasteiger partial charge is 0.407 e. The molecule has 0 aliphatic heterocycles. The van der Waals surface area contributed by atoms with Crippen LogP contribution in [0, 0.1) is 0 Å². The molecule has 11 heteroatoms. The number of benzene rings is 1. The van der Waals surface area contributed by atoms with Gasteiger partial charge >= 0.3 is 6.09 Å². The van der Waals surface area contributed by atoms with Crippen LogP contribution in [0.4, 0.5) is 10.5 Å². The number of rotatable bonds is 5. The summed E-state index contributed by atoms with van der Waals surface area (Å²) < 4.78 is 14.5. The molecule has 0 saturated heterocycles. The van der Waals surface area contributed by atoms with E-state index < -0.39 is 5.60 Å². The van der Waals surface area contributed by atoms with Crippen LogP contribution in [0.1, 0.15) is 62.9 Å². The van der Waals surface area contributed by atoms with Crippen molar-refractivity contribution in [1.29, 1.82) is 0 Å². The van der Waals surface area contributed by atoms with Gasteiger partial charge in [-0.1, -0.05) is 0 Å². The molecule has 1 aliphatic carbocycles. The van der Waals surface area contributed by atoms with Gasteiger partial charge in [-0.3, -0.25) is 9.48 Å². The number of nitrogens with zero attached hydrogens (tertiary/aromatic N) is 5. The van der Waals surface area contributed by atoms with Gasteiger partial charge < -0.3 is 20.1 Å². The summed E-state index contributed by atoms with van der Waals surface area (Å²) in [6.45, 7) is 5.56. The summed E-state index contributed by atoms with van der Waals surface area (Å²) in [4.78, 5) is 29.3. The molecule has 0 unspecified atom stereocenters. The average molecular weight is 506 g/mol. The molecule has 5 rings (SSSR count). The molecule has 1 saturated carbocycles. The molecule has 0 bridgehead atoms. The van der Waals surface area contributed by atoms with Crippen molar-refractivity contribution < 1.29 is 19.1 Å². The van der Waals surface area contributed by atoms with Gasteiger partial charge in [0.1, 0.15) is 17.7 Å². The third-order valence-electron chi connectivity index (χ3n) is 6.46. The van der Waals surface area contributed by atoms with E-state index in [1.807, 2.05) is 31.6 Å². The monoisotopic (exact) mass is 505 g/mol. The van der Waals surface area contributed by atoms with E-state index in [0.717, 1.165) is 42.1 Å². The number of methoxy groups -OCH3 is 1. The predicted octanol–water partition coefficient (Wildman–Crippen LogP) is 4.35. The van der Waals surface area contributed by atoms with Gasteiger partial charge in [0.05, 0.1) is 41.6 Å². The Balaban J connectivity index is 1.29. The zero-order valence-electron chi connectivity index (χ0n) is 21.4. The number of hydrogen-bond donors (Lipinski definition) is 2. The minimum Gasteiger partial charge on any atom is -0.496 e. The lowest BCUT2D eigenvalue weighted by molar-refractivity contribution is 0.0487. The SMILES string of the molecule is COc1cc2nn(C3CCC(NC(=O)OC(C)(C)C)CC3)cc2cc1C(=O)Nc1cnn2cnccc12. The van der Waals surface area contributed by atoms with E-state index in [9.17, 15) is 9.59 Å². The number of hydrogen-bond acceptors (Lipinski definition) is 7. The third-order valence-corrected chi connectivity index (χ3v) is 6.46. The van der Waals surface area contributed by atoms with E-state index in [-0.39, 0.29) is 24.1 Å². The first kappa shape index (κ1) is 24.5. The van der Waals surface area contributed by atoms with Gasteiger partial charge in [0.15, 0.2) is 0 Å². The zero-order chi connectivity index (χ0) is 26.2. The molecule has 2 amide bonds. The number of carbonyl (C=O) groups excluding carboxylic acids is 2. The first-order chi connectivity index (χ1) is 17.7. The molecule has 0 spiro atoms. The number of carbonyl (C=O) groups is 2. The van der Waals surface area contributed by atoms with E-state index >= 15 is 0 Å². The molecule has 4 aromatic rings.